The standard InChI is InChI=1S/C11H9N5OS/c1-6-13-11(18-16-6)14-10(17)7-2-3-8-5-12-15-9(8)4-7/h2-5H,1H3,(H,12,15)(H,13,14,16,17). The summed E-state index contributed by atoms with van der Waals surface area (Å²) in [5.41, 5.74) is 1.38. The van der Waals surface area contributed by atoms with E-state index in [0.29, 0.717) is 16.5 Å². The Morgan fingerprint density at radius 2 is 2.33 bits per heavy atom. The molecule has 2 heterocycles. The lowest BCUT2D eigenvalue weighted by Crippen LogP contribution is -2.11. The molecule has 2 N–H and O–H groups in total. The molecule has 3 rings (SSSR count). The molecule has 0 spiro atoms. The third-order valence-corrected chi connectivity index (χ3v) is 3.17. The number of aromatic nitrogens is 4. The number of anilines is 1. The van der Waals surface area contributed by atoms with E-state index in [4.69, 9.17) is 0 Å². The van der Waals surface area contributed by atoms with Crippen LogP contribution in [-0.4, -0.2) is 25.5 Å². The first kappa shape index (κ1) is 10.8. The molecule has 1 aromatic carbocycles. The monoisotopic (exact) mass is 259 g/mol. The number of carbonyl (C=O) groups excluding carboxylic acids is 1. The maximum absolute atomic E-state index is 12.0. The van der Waals surface area contributed by atoms with Gasteiger partial charge in [-0.25, -0.2) is 4.98 Å². The van der Waals surface area contributed by atoms with Gasteiger partial charge in [-0.15, -0.1) is 0 Å². The topological polar surface area (TPSA) is 83.6 Å². The zero-order valence-corrected chi connectivity index (χ0v) is 10.3. The number of carbonyl (C=O) groups is 1. The van der Waals surface area contributed by atoms with Gasteiger partial charge in [0.2, 0.25) is 5.13 Å². The fourth-order valence-electron chi connectivity index (χ4n) is 1.60. The van der Waals surface area contributed by atoms with Gasteiger partial charge in [0, 0.05) is 22.5 Å². The molecule has 0 fully saturated rings. The Morgan fingerprint density at radius 1 is 1.44 bits per heavy atom. The largest absolute Gasteiger partial charge is 0.297 e. The van der Waals surface area contributed by atoms with E-state index in [1.54, 1.807) is 25.3 Å². The Balaban J connectivity index is 1.87. The minimum absolute atomic E-state index is 0.206. The summed E-state index contributed by atoms with van der Waals surface area (Å²) in [4.78, 5) is 16.1. The van der Waals surface area contributed by atoms with E-state index < -0.39 is 0 Å². The summed E-state index contributed by atoms with van der Waals surface area (Å²) in [6.07, 6.45) is 1.71. The van der Waals surface area contributed by atoms with Gasteiger partial charge >= 0.3 is 0 Å². The van der Waals surface area contributed by atoms with E-state index in [1.807, 2.05) is 6.07 Å². The average Bonchev–Trinajstić information content (AvgIpc) is 2.96. The summed E-state index contributed by atoms with van der Waals surface area (Å²) in [7, 11) is 0. The van der Waals surface area contributed by atoms with Gasteiger partial charge < -0.3 is 0 Å². The SMILES string of the molecule is Cc1nsc(NC(=O)c2ccc3cn[nH]c3c2)n1. The summed E-state index contributed by atoms with van der Waals surface area (Å²) < 4.78 is 4.00. The highest BCUT2D eigenvalue weighted by atomic mass is 32.1. The number of aryl methyl sites for hydroxylation is 1. The number of rotatable bonds is 2. The predicted molar refractivity (Wildman–Crippen MR) is 68.7 cm³/mol. The second kappa shape index (κ2) is 4.19. The Morgan fingerprint density at radius 3 is 3.11 bits per heavy atom. The Kier molecular flexibility index (Phi) is 2.52. The molecule has 0 radical (unpaired) electrons. The van der Waals surface area contributed by atoms with Crippen molar-refractivity contribution >= 4 is 33.5 Å². The molecular weight excluding hydrogens is 250 g/mol. The summed E-state index contributed by atoms with van der Waals surface area (Å²) in [5.74, 6) is 0.446. The lowest BCUT2D eigenvalue weighted by atomic mass is 10.1. The van der Waals surface area contributed by atoms with E-state index in [2.05, 4.69) is 24.9 Å². The van der Waals surface area contributed by atoms with E-state index in [9.17, 15) is 4.79 Å². The number of aromatic amines is 1. The lowest BCUT2D eigenvalue weighted by Gasteiger charge is -2.00. The van der Waals surface area contributed by atoms with Crippen LogP contribution in [0.3, 0.4) is 0 Å². The van der Waals surface area contributed by atoms with Crippen LogP contribution in [0.15, 0.2) is 24.4 Å². The molecule has 3 aromatic rings. The molecule has 0 aliphatic rings. The highest BCUT2D eigenvalue weighted by Crippen LogP contribution is 2.15. The quantitative estimate of drug-likeness (QED) is 0.737. The van der Waals surface area contributed by atoms with Gasteiger partial charge in [-0.3, -0.25) is 15.2 Å². The van der Waals surface area contributed by atoms with Crippen LogP contribution in [0.4, 0.5) is 5.13 Å². The fraction of sp³-hybridized carbons (Fsp3) is 0.0909. The molecule has 7 heteroatoms. The van der Waals surface area contributed by atoms with Crippen molar-refractivity contribution in [3.8, 4) is 0 Å². The van der Waals surface area contributed by atoms with Crippen LogP contribution in [0.1, 0.15) is 16.2 Å². The van der Waals surface area contributed by atoms with Crippen LogP contribution in [0.25, 0.3) is 10.9 Å². The van der Waals surface area contributed by atoms with Crippen molar-refractivity contribution in [2.24, 2.45) is 0 Å². The Labute approximate surface area is 106 Å². The highest BCUT2D eigenvalue weighted by molar-refractivity contribution is 7.09. The van der Waals surface area contributed by atoms with Crippen molar-refractivity contribution in [1.82, 2.24) is 19.6 Å². The molecule has 2 aromatic heterocycles. The first-order valence-electron chi connectivity index (χ1n) is 5.27. The van der Waals surface area contributed by atoms with E-state index in [0.717, 1.165) is 22.4 Å². The van der Waals surface area contributed by atoms with Crippen LogP contribution in [0.2, 0.25) is 0 Å². The van der Waals surface area contributed by atoms with Crippen LogP contribution >= 0.6 is 11.5 Å². The van der Waals surface area contributed by atoms with Crippen LogP contribution in [-0.2, 0) is 0 Å². The molecule has 0 aliphatic carbocycles. The smallest absolute Gasteiger partial charge is 0.257 e. The molecule has 0 aliphatic heterocycles. The molecule has 6 nitrogen and oxygen atoms in total. The van der Waals surface area contributed by atoms with Crippen molar-refractivity contribution in [3.05, 3.63) is 35.8 Å². The Bertz CT molecular complexity index is 717. The third-order valence-electron chi connectivity index (χ3n) is 2.45. The normalized spacial score (nSPS) is 10.7. The predicted octanol–water partition coefficient (Wildman–Crippen LogP) is 1.98. The molecule has 0 saturated heterocycles. The molecule has 0 unspecified atom stereocenters. The second-order valence-corrected chi connectivity index (χ2v) is 4.52. The molecule has 0 saturated carbocycles. The number of fused-ring (bicyclic) bond motifs is 1. The zero-order chi connectivity index (χ0) is 12.5. The number of benzene rings is 1. The highest BCUT2D eigenvalue weighted by Gasteiger charge is 2.09. The minimum atomic E-state index is -0.206. The van der Waals surface area contributed by atoms with Gasteiger partial charge in [0.25, 0.3) is 5.91 Å². The van der Waals surface area contributed by atoms with Crippen LogP contribution in [0.5, 0.6) is 0 Å². The zero-order valence-electron chi connectivity index (χ0n) is 9.47. The van der Waals surface area contributed by atoms with Gasteiger partial charge in [-0.05, 0) is 19.1 Å². The van der Waals surface area contributed by atoms with E-state index in [-0.39, 0.29) is 5.91 Å². The third kappa shape index (κ3) is 1.95. The molecule has 0 bridgehead atoms. The average molecular weight is 259 g/mol. The first-order chi connectivity index (χ1) is 8.72. The molecule has 18 heavy (non-hydrogen) atoms. The summed E-state index contributed by atoms with van der Waals surface area (Å²) in [5, 5.41) is 10.9. The van der Waals surface area contributed by atoms with Gasteiger partial charge in [0.05, 0.1) is 11.7 Å². The molecule has 1 amide bonds. The van der Waals surface area contributed by atoms with E-state index >= 15 is 0 Å². The maximum Gasteiger partial charge on any atom is 0.257 e. The number of hydrogen-bond acceptors (Lipinski definition) is 5. The van der Waals surface area contributed by atoms with Crippen molar-refractivity contribution in [1.29, 1.82) is 0 Å². The lowest BCUT2D eigenvalue weighted by molar-refractivity contribution is 0.102. The minimum Gasteiger partial charge on any atom is -0.297 e. The molecular formula is C11H9N5OS. The van der Waals surface area contributed by atoms with Crippen molar-refractivity contribution in [2.75, 3.05) is 5.32 Å². The van der Waals surface area contributed by atoms with Crippen LogP contribution in [0, 0.1) is 6.92 Å². The van der Waals surface area contributed by atoms with Gasteiger partial charge in [-0.2, -0.15) is 9.47 Å². The fourth-order valence-corrected chi connectivity index (χ4v) is 2.17. The molecule has 90 valence electrons. The first-order valence-corrected chi connectivity index (χ1v) is 6.04. The van der Waals surface area contributed by atoms with Crippen molar-refractivity contribution in [3.63, 3.8) is 0 Å². The number of amides is 1. The summed E-state index contributed by atoms with van der Waals surface area (Å²) >= 11 is 1.16. The number of hydrogen-bond donors (Lipinski definition) is 2. The summed E-state index contributed by atoms with van der Waals surface area (Å²) in [6, 6.07) is 5.35. The molecule has 0 atom stereocenters. The van der Waals surface area contributed by atoms with Gasteiger partial charge in [-0.1, -0.05) is 6.07 Å². The van der Waals surface area contributed by atoms with E-state index in [1.165, 1.54) is 0 Å². The van der Waals surface area contributed by atoms with Crippen molar-refractivity contribution < 1.29 is 4.79 Å². The maximum atomic E-state index is 12.0. The van der Waals surface area contributed by atoms with Crippen molar-refractivity contribution in [2.45, 2.75) is 6.92 Å². The summed E-state index contributed by atoms with van der Waals surface area (Å²) in [6.45, 7) is 1.78. The number of nitrogens with zero attached hydrogens (tertiary/aromatic N) is 3. The number of nitrogens with one attached hydrogen (secondary N) is 2. The van der Waals surface area contributed by atoms with Gasteiger partial charge in [0.15, 0.2) is 0 Å². The second-order valence-electron chi connectivity index (χ2n) is 3.77. The van der Waals surface area contributed by atoms with Crippen LogP contribution < -0.4 is 5.32 Å². The number of H-pyrrole nitrogens is 1. The Hall–Kier alpha value is -2.28. The van der Waals surface area contributed by atoms with Gasteiger partial charge in [0.1, 0.15) is 5.82 Å².